The number of unbranched alkanes of at least 4 members (excludes halogenated alkanes) is 2. The quantitative estimate of drug-likeness (QED) is 0.291. The van der Waals surface area contributed by atoms with E-state index in [-0.39, 0.29) is 5.97 Å². The summed E-state index contributed by atoms with van der Waals surface area (Å²) in [5.41, 5.74) is 5.67. The van der Waals surface area contributed by atoms with Gasteiger partial charge in [-0.2, -0.15) is 0 Å². The third kappa shape index (κ3) is 11.0. The zero-order valence-corrected chi connectivity index (χ0v) is 11.2. The van der Waals surface area contributed by atoms with Crippen molar-refractivity contribution < 1.29 is 9.53 Å². The number of hydrogen-bond donors (Lipinski definition) is 2. The molecule has 0 aromatic heterocycles. The molecule has 100 valence electrons. The molecule has 0 aromatic rings. The van der Waals surface area contributed by atoms with E-state index in [0.29, 0.717) is 18.3 Å². The smallest absolute Gasteiger partial charge is 0.305 e. The Morgan fingerprint density at radius 1 is 1.35 bits per heavy atom. The highest BCUT2D eigenvalue weighted by molar-refractivity contribution is 5.77. The van der Waals surface area contributed by atoms with Gasteiger partial charge in [-0.3, -0.25) is 9.79 Å². The molecule has 0 saturated heterocycles. The van der Waals surface area contributed by atoms with Crippen LogP contribution in [-0.2, 0) is 9.53 Å². The molecular formula is C12H25N3O2. The summed E-state index contributed by atoms with van der Waals surface area (Å²) in [6, 6.07) is 0. The molecule has 5 heteroatoms. The van der Waals surface area contributed by atoms with Gasteiger partial charge < -0.3 is 15.8 Å². The third-order valence-corrected chi connectivity index (χ3v) is 2.22. The lowest BCUT2D eigenvalue weighted by molar-refractivity contribution is -0.140. The number of carbonyl (C=O) groups is 1. The second kappa shape index (κ2) is 9.93. The van der Waals surface area contributed by atoms with Gasteiger partial charge in [-0.15, -0.1) is 0 Å². The predicted molar refractivity (Wildman–Crippen MR) is 69.8 cm³/mol. The molecule has 3 N–H and O–H groups in total. The lowest BCUT2D eigenvalue weighted by atomic mass is 10.2. The van der Waals surface area contributed by atoms with Gasteiger partial charge in [0, 0.05) is 19.5 Å². The Kier molecular flexibility index (Phi) is 9.19. The first-order chi connectivity index (χ1) is 8.06. The van der Waals surface area contributed by atoms with E-state index in [2.05, 4.69) is 28.9 Å². The normalized spacial score (nSPS) is 11.6. The Balaban J connectivity index is 3.39. The summed E-state index contributed by atoms with van der Waals surface area (Å²) in [5, 5.41) is 3.05. The van der Waals surface area contributed by atoms with E-state index in [1.54, 1.807) is 0 Å². The molecule has 0 heterocycles. The first kappa shape index (κ1) is 15.7. The van der Waals surface area contributed by atoms with Crippen molar-refractivity contribution in [2.45, 2.75) is 39.5 Å². The van der Waals surface area contributed by atoms with Crippen molar-refractivity contribution in [3.05, 3.63) is 0 Å². The van der Waals surface area contributed by atoms with Crippen LogP contribution < -0.4 is 11.1 Å². The highest BCUT2D eigenvalue weighted by Gasteiger charge is 1.99. The molecule has 0 aliphatic heterocycles. The number of carbonyl (C=O) groups excluding carboxylic acids is 1. The fourth-order valence-electron chi connectivity index (χ4n) is 1.23. The summed E-state index contributed by atoms with van der Waals surface area (Å²) in [6.07, 6.45) is 3.32. The zero-order valence-electron chi connectivity index (χ0n) is 11.2. The van der Waals surface area contributed by atoms with Crippen LogP contribution in [0.15, 0.2) is 4.99 Å². The van der Waals surface area contributed by atoms with E-state index in [1.807, 2.05) is 0 Å². The Morgan fingerprint density at radius 3 is 2.65 bits per heavy atom. The molecule has 0 atom stereocenters. The summed E-state index contributed by atoms with van der Waals surface area (Å²) in [6.45, 7) is 5.75. The van der Waals surface area contributed by atoms with Crippen molar-refractivity contribution in [2.24, 2.45) is 16.6 Å². The number of guanidine groups is 1. The van der Waals surface area contributed by atoms with Crippen molar-refractivity contribution in [1.82, 2.24) is 5.32 Å². The zero-order chi connectivity index (χ0) is 13.1. The molecule has 0 aliphatic rings. The number of methoxy groups -OCH3 is 1. The number of esters is 1. The van der Waals surface area contributed by atoms with Gasteiger partial charge in [-0.1, -0.05) is 20.3 Å². The van der Waals surface area contributed by atoms with Crippen LogP contribution in [0.3, 0.4) is 0 Å². The van der Waals surface area contributed by atoms with Crippen LogP contribution in [0.1, 0.15) is 39.5 Å². The van der Waals surface area contributed by atoms with Crippen LogP contribution in [0.2, 0.25) is 0 Å². The molecule has 0 aromatic carbocycles. The Bertz CT molecular complexity index is 240. The first-order valence-electron chi connectivity index (χ1n) is 6.17. The van der Waals surface area contributed by atoms with Gasteiger partial charge in [0.15, 0.2) is 5.96 Å². The maximum absolute atomic E-state index is 10.8. The molecule has 17 heavy (non-hydrogen) atoms. The highest BCUT2D eigenvalue weighted by atomic mass is 16.5. The van der Waals surface area contributed by atoms with Crippen molar-refractivity contribution in [3.63, 3.8) is 0 Å². The van der Waals surface area contributed by atoms with E-state index in [0.717, 1.165) is 32.4 Å². The van der Waals surface area contributed by atoms with Gasteiger partial charge in [-0.25, -0.2) is 0 Å². The topological polar surface area (TPSA) is 76.7 Å². The van der Waals surface area contributed by atoms with Crippen molar-refractivity contribution in [1.29, 1.82) is 0 Å². The van der Waals surface area contributed by atoms with Crippen LogP contribution >= 0.6 is 0 Å². The van der Waals surface area contributed by atoms with Crippen LogP contribution in [0.25, 0.3) is 0 Å². The average molecular weight is 243 g/mol. The Labute approximate surface area is 104 Å². The maximum Gasteiger partial charge on any atom is 0.305 e. The van der Waals surface area contributed by atoms with E-state index in [1.165, 1.54) is 7.11 Å². The minimum absolute atomic E-state index is 0.143. The van der Waals surface area contributed by atoms with Crippen LogP contribution in [0.5, 0.6) is 0 Å². The fourth-order valence-corrected chi connectivity index (χ4v) is 1.23. The van der Waals surface area contributed by atoms with E-state index in [9.17, 15) is 4.79 Å². The molecule has 0 radical (unpaired) electrons. The summed E-state index contributed by atoms with van der Waals surface area (Å²) in [5.74, 6) is 0.887. The van der Waals surface area contributed by atoms with Gasteiger partial charge in [0.1, 0.15) is 0 Å². The minimum atomic E-state index is -0.143. The molecule has 0 rings (SSSR count). The Morgan fingerprint density at radius 2 is 2.06 bits per heavy atom. The van der Waals surface area contributed by atoms with Crippen molar-refractivity contribution in [3.8, 4) is 0 Å². The molecule has 0 unspecified atom stereocenters. The predicted octanol–water partition coefficient (Wildman–Crippen LogP) is 1.28. The number of hydrogen-bond acceptors (Lipinski definition) is 3. The molecule has 5 nitrogen and oxygen atoms in total. The SMILES string of the molecule is COC(=O)CCCCCNC(N)=NCC(C)C. The number of aliphatic imine (C=N–C) groups is 1. The van der Waals surface area contributed by atoms with Gasteiger partial charge in [-0.05, 0) is 18.8 Å². The standard InChI is InChI=1S/C12H25N3O2/c1-10(2)9-15-12(13)14-8-6-4-5-7-11(16)17-3/h10H,4-9H2,1-3H3,(H3,13,14,15). The number of nitrogens with one attached hydrogen (secondary N) is 1. The van der Waals surface area contributed by atoms with Gasteiger partial charge in [0.2, 0.25) is 0 Å². The molecule has 0 bridgehead atoms. The second-order valence-electron chi connectivity index (χ2n) is 4.43. The molecule has 0 saturated carbocycles. The Hall–Kier alpha value is -1.26. The second-order valence-corrected chi connectivity index (χ2v) is 4.43. The lowest BCUT2D eigenvalue weighted by Gasteiger charge is -2.06. The minimum Gasteiger partial charge on any atom is -0.469 e. The first-order valence-corrected chi connectivity index (χ1v) is 6.17. The van der Waals surface area contributed by atoms with E-state index in [4.69, 9.17) is 5.73 Å². The van der Waals surface area contributed by atoms with Crippen LogP contribution in [0, 0.1) is 5.92 Å². The molecule has 0 aliphatic carbocycles. The maximum atomic E-state index is 10.8. The van der Waals surface area contributed by atoms with Crippen LogP contribution in [-0.4, -0.2) is 32.1 Å². The molecular weight excluding hydrogens is 218 g/mol. The third-order valence-electron chi connectivity index (χ3n) is 2.22. The summed E-state index contributed by atoms with van der Waals surface area (Å²) in [4.78, 5) is 15.0. The molecule has 0 fully saturated rings. The summed E-state index contributed by atoms with van der Waals surface area (Å²) >= 11 is 0. The molecule has 0 spiro atoms. The highest BCUT2D eigenvalue weighted by Crippen LogP contribution is 1.99. The summed E-state index contributed by atoms with van der Waals surface area (Å²) in [7, 11) is 1.41. The number of nitrogens with zero attached hydrogens (tertiary/aromatic N) is 1. The monoisotopic (exact) mass is 243 g/mol. The van der Waals surface area contributed by atoms with Crippen molar-refractivity contribution >= 4 is 11.9 Å². The van der Waals surface area contributed by atoms with Gasteiger partial charge in [0.05, 0.1) is 7.11 Å². The van der Waals surface area contributed by atoms with Gasteiger partial charge >= 0.3 is 5.97 Å². The fraction of sp³-hybridized carbons (Fsp3) is 0.833. The number of nitrogens with two attached hydrogens (primary N) is 1. The summed E-state index contributed by atoms with van der Waals surface area (Å²) < 4.78 is 4.56. The van der Waals surface area contributed by atoms with E-state index < -0.39 is 0 Å². The largest absolute Gasteiger partial charge is 0.469 e. The lowest BCUT2D eigenvalue weighted by Crippen LogP contribution is -2.32. The number of rotatable bonds is 8. The van der Waals surface area contributed by atoms with Crippen LogP contribution in [0.4, 0.5) is 0 Å². The van der Waals surface area contributed by atoms with E-state index >= 15 is 0 Å². The number of ether oxygens (including phenoxy) is 1. The van der Waals surface area contributed by atoms with Crippen molar-refractivity contribution in [2.75, 3.05) is 20.2 Å². The van der Waals surface area contributed by atoms with Gasteiger partial charge in [0.25, 0.3) is 0 Å². The molecule has 0 amide bonds. The average Bonchev–Trinajstić information content (AvgIpc) is 2.30.